The summed E-state index contributed by atoms with van der Waals surface area (Å²) in [5, 5.41) is 3.28. The number of hydrogen-bond acceptors (Lipinski definition) is 5. The van der Waals surface area contributed by atoms with E-state index >= 15 is 0 Å². The first-order valence-corrected chi connectivity index (χ1v) is 5.49. The number of nitrogens with one attached hydrogen (secondary N) is 1. The van der Waals surface area contributed by atoms with Gasteiger partial charge in [-0.3, -0.25) is 4.90 Å². The molecule has 1 aliphatic rings. The Bertz CT molecular complexity index is 187. The lowest BCUT2D eigenvalue weighted by Crippen LogP contribution is -2.44. The largest absolute Gasteiger partial charge is 0.464 e. The minimum absolute atomic E-state index is 0. The summed E-state index contributed by atoms with van der Waals surface area (Å²) in [6, 6.07) is 0. The van der Waals surface area contributed by atoms with Crippen molar-refractivity contribution >= 4 is 18.4 Å². The maximum absolute atomic E-state index is 10.9. The maximum Gasteiger partial charge on any atom is 0.332 e. The highest BCUT2D eigenvalue weighted by atomic mass is 35.5. The molecule has 1 heterocycles. The molecule has 0 bridgehead atoms. The number of carbonyl (C=O) groups excluding carboxylic acids is 1. The van der Waals surface area contributed by atoms with Crippen molar-refractivity contribution < 1.29 is 14.3 Å². The van der Waals surface area contributed by atoms with Crippen molar-refractivity contribution in [1.29, 1.82) is 0 Å². The van der Waals surface area contributed by atoms with E-state index in [1.54, 1.807) is 6.92 Å². The van der Waals surface area contributed by atoms with Crippen LogP contribution in [0.25, 0.3) is 0 Å². The lowest BCUT2D eigenvalue weighted by Gasteiger charge is -2.26. The van der Waals surface area contributed by atoms with Crippen LogP contribution in [-0.2, 0) is 14.3 Å². The summed E-state index contributed by atoms with van der Waals surface area (Å²) >= 11 is 0. The third-order valence-electron chi connectivity index (χ3n) is 2.29. The van der Waals surface area contributed by atoms with E-state index in [4.69, 9.17) is 9.47 Å². The van der Waals surface area contributed by atoms with Crippen molar-refractivity contribution in [2.24, 2.45) is 0 Å². The summed E-state index contributed by atoms with van der Waals surface area (Å²) < 4.78 is 9.96. The first kappa shape index (κ1) is 15.6. The molecule has 1 aliphatic heterocycles. The molecule has 0 amide bonds. The number of esters is 1. The van der Waals surface area contributed by atoms with E-state index in [1.165, 1.54) is 0 Å². The Hall–Kier alpha value is -0.360. The zero-order chi connectivity index (χ0) is 10.9. The molecule has 1 rings (SSSR count). The van der Waals surface area contributed by atoms with Gasteiger partial charge in [0.2, 0.25) is 0 Å². The van der Waals surface area contributed by atoms with Crippen LogP contribution in [0.1, 0.15) is 6.92 Å². The molecule has 0 saturated carbocycles. The van der Waals surface area contributed by atoms with E-state index in [0.717, 1.165) is 32.7 Å². The summed E-state index contributed by atoms with van der Waals surface area (Å²) in [6.07, 6.45) is 0. The van der Waals surface area contributed by atoms with Crippen LogP contribution in [0.5, 0.6) is 0 Å². The minimum atomic E-state index is -0.280. The quantitative estimate of drug-likeness (QED) is 0.528. The molecule has 0 aromatic carbocycles. The number of carbonyl (C=O) groups is 1. The summed E-state index contributed by atoms with van der Waals surface area (Å²) in [6.45, 7) is 7.96. The van der Waals surface area contributed by atoms with E-state index in [1.807, 2.05) is 0 Å². The summed E-state index contributed by atoms with van der Waals surface area (Å²) in [7, 11) is 0. The van der Waals surface area contributed by atoms with Crippen molar-refractivity contribution in [2.75, 3.05) is 52.5 Å². The second-order valence-corrected chi connectivity index (χ2v) is 3.45. The maximum atomic E-state index is 10.9. The van der Waals surface area contributed by atoms with Crippen LogP contribution in [0.3, 0.4) is 0 Å². The van der Waals surface area contributed by atoms with Crippen LogP contribution >= 0.6 is 12.4 Å². The molecule has 0 spiro atoms. The summed E-state index contributed by atoms with van der Waals surface area (Å²) in [5.41, 5.74) is 0. The predicted octanol–water partition coefficient (Wildman–Crippen LogP) is -0.107. The number of rotatable bonds is 6. The molecule has 6 heteroatoms. The van der Waals surface area contributed by atoms with E-state index in [9.17, 15) is 4.79 Å². The van der Waals surface area contributed by atoms with E-state index in [0.29, 0.717) is 13.2 Å². The van der Waals surface area contributed by atoms with Gasteiger partial charge in [0.25, 0.3) is 0 Å². The average Bonchev–Trinajstić information content (AvgIpc) is 2.26. The lowest BCUT2D eigenvalue weighted by atomic mass is 10.4. The summed E-state index contributed by atoms with van der Waals surface area (Å²) in [4.78, 5) is 13.2. The Labute approximate surface area is 103 Å². The monoisotopic (exact) mass is 252 g/mol. The molecule has 0 radical (unpaired) electrons. The average molecular weight is 253 g/mol. The number of hydrogen-bond donors (Lipinski definition) is 1. The number of piperazine rings is 1. The van der Waals surface area contributed by atoms with Crippen LogP contribution in [0.2, 0.25) is 0 Å². The van der Waals surface area contributed by atoms with Crippen molar-refractivity contribution in [3.05, 3.63) is 0 Å². The molecule has 1 fully saturated rings. The zero-order valence-electron chi connectivity index (χ0n) is 9.74. The molecule has 1 N–H and O–H groups in total. The normalized spacial score (nSPS) is 16.6. The van der Waals surface area contributed by atoms with Crippen molar-refractivity contribution in [3.8, 4) is 0 Å². The molecule has 0 unspecified atom stereocenters. The Balaban J connectivity index is 0.00000225. The smallest absolute Gasteiger partial charge is 0.332 e. The molecular formula is C10H21ClN2O3. The topological polar surface area (TPSA) is 50.8 Å². The highest BCUT2D eigenvalue weighted by molar-refractivity contribution is 5.85. The van der Waals surface area contributed by atoms with E-state index in [-0.39, 0.29) is 25.0 Å². The van der Waals surface area contributed by atoms with Gasteiger partial charge >= 0.3 is 5.97 Å². The van der Waals surface area contributed by atoms with Gasteiger partial charge in [-0.05, 0) is 6.92 Å². The first-order chi connectivity index (χ1) is 7.33. The Morgan fingerprint density at radius 2 is 2.06 bits per heavy atom. The van der Waals surface area contributed by atoms with Gasteiger partial charge in [0, 0.05) is 32.7 Å². The van der Waals surface area contributed by atoms with E-state index < -0.39 is 0 Å². The molecule has 16 heavy (non-hydrogen) atoms. The fourth-order valence-corrected chi connectivity index (χ4v) is 1.49. The number of nitrogens with zero attached hydrogens (tertiary/aromatic N) is 1. The van der Waals surface area contributed by atoms with Crippen LogP contribution in [0, 0.1) is 0 Å². The standard InChI is InChI=1S/C10H20N2O3.ClH/c1-2-15-10(13)9-14-8-7-12-5-3-11-4-6-12;/h11H,2-9H2,1H3;1H. The minimum Gasteiger partial charge on any atom is -0.464 e. The Morgan fingerprint density at radius 3 is 2.69 bits per heavy atom. The summed E-state index contributed by atoms with van der Waals surface area (Å²) in [5.74, 6) is -0.280. The highest BCUT2D eigenvalue weighted by Gasteiger charge is 2.09. The second kappa shape index (κ2) is 9.84. The van der Waals surface area contributed by atoms with Crippen LogP contribution in [-0.4, -0.2) is 63.4 Å². The highest BCUT2D eigenvalue weighted by Crippen LogP contribution is 1.91. The predicted molar refractivity (Wildman–Crippen MR) is 64.0 cm³/mol. The molecule has 0 atom stereocenters. The Morgan fingerprint density at radius 1 is 1.38 bits per heavy atom. The zero-order valence-corrected chi connectivity index (χ0v) is 10.6. The van der Waals surface area contributed by atoms with Crippen LogP contribution < -0.4 is 5.32 Å². The van der Waals surface area contributed by atoms with Gasteiger partial charge in [-0.15, -0.1) is 12.4 Å². The van der Waals surface area contributed by atoms with Gasteiger partial charge < -0.3 is 14.8 Å². The molecule has 1 saturated heterocycles. The van der Waals surface area contributed by atoms with Gasteiger partial charge in [-0.2, -0.15) is 0 Å². The molecule has 5 nitrogen and oxygen atoms in total. The SMILES string of the molecule is CCOC(=O)COCCN1CCNCC1.Cl. The Kier molecular flexibility index (Phi) is 9.62. The molecule has 96 valence electrons. The van der Waals surface area contributed by atoms with Gasteiger partial charge in [0.05, 0.1) is 13.2 Å². The molecule has 0 aliphatic carbocycles. The van der Waals surface area contributed by atoms with Gasteiger partial charge in [0.1, 0.15) is 6.61 Å². The fraction of sp³-hybridized carbons (Fsp3) is 0.900. The number of ether oxygens (including phenoxy) is 2. The fourth-order valence-electron chi connectivity index (χ4n) is 1.49. The molecule has 0 aromatic heterocycles. The number of halogens is 1. The van der Waals surface area contributed by atoms with Gasteiger partial charge in [-0.1, -0.05) is 0 Å². The van der Waals surface area contributed by atoms with Crippen molar-refractivity contribution in [2.45, 2.75) is 6.92 Å². The molecule has 0 aromatic rings. The van der Waals surface area contributed by atoms with Gasteiger partial charge in [-0.25, -0.2) is 4.79 Å². The van der Waals surface area contributed by atoms with Crippen molar-refractivity contribution in [1.82, 2.24) is 10.2 Å². The van der Waals surface area contributed by atoms with E-state index in [2.05, 4.69) is 10.2 Å². The third kappa shape index (κ3) is 7.00. The molecular weight excluding hydrogens is 232 g/mol. The third-order valence-corrected chi connectivity index (χ3v) is 2.29. The van der Waals surface area contributed by atoms with Crippen LogP contribution in [0.4, 0.5) is 0 Å². The lowest BCUT2D eigenvalue weighted by molar-refractivity contribution is -0.148. The van der Waals surface area contributed by atoms with Crippen molar-refractivity contribution in [3.63, 3.8) is 0 Å². The van der Waals surface area contributed by atoms with Crippen LogP contribution in [0.15, 0.2) is 0 Å². The second-order valence-electron chi connectivity index (χ2n) is 3.45. The van der Waals surface area contributed by atoms with Gasteiger partial charge in [0.15, 0.2) is 0 Å². The first-order valence-electron chi connectivity index (χ1n) is 5.49.